The highest BCUT2D eigenvalue weighted by Gasteiger charge is 2.29. The molecular weight excluding hydrogens is 326 g/mol. The van der Waals surface area contributed by atoms with E-state index in [-0.39, 0.29) is 31.5 Å². The summed E-state index contributed by atoms with van der Waals surface area (Å²) in [5.74, 6) is -1.14. The Morgan fingerprint density at radius 3 is 2.68 bits per heavy atom. The topological polar surface area (TPSA) is 133 Å². The fourth-order valence-corrected chi connectivity index (χ4v) is 3.51. The molecule has 0 spiro atoms. The fraction of sp³-hybridized carbons (Fsp3) is 0.625. The first-order valence-corrected chi connectivity index (χ1v) is 8.51. The van der Waals surface area contributed by atoms with Crippen molar-refractivity contribution in [3.8, 4) is 0 Å². The second-order valence-corrected chi connectivity index (χ2v) is 6.60. The third kappa shape index (κ3) is 4.05. The molecule has 0 radical (unpaired) electrons. The summed E-state index contributed by atoms with van der Waals surface area (Å²) in [6.07, 6.45) is 2.73. The van der Waals surface area contributed by atoms with Crippen molar-refractivity contribution in [2.75, 3.05) is 38.5 Å². The Hall–Kier alpha value is -2.26. The van der Waals surface area contributed by atoms with Crippen molar-refractivity contribution in [3.05, 3.63) is 17.0 Å². The van der Waals surface area contributed by atoms with E-state index in [1.807, 2.05) is 0 Å². The number of aliphatic hydroxyl groups is 1. The van der Waals surface area contributed by atoms with Gasteiger partial charge in [0, 0.05) is 37.4 Å². The van der Waals surface area contributed by atoms with E-state index >= 15 is 0 Å². The molecule has 9 heteroatoms. The van der Waals surface area contributed by atoms with Gasteiger partial charge in [0.25, 0.3) is 5.91 Å². The van der Waals surface area contributed by atoms with E-state index in [9.17, 15) is 14.7 Å². The molecule has 136 valence electrons. The number of carbonyl (C=O) groups is 2. The smallest absolute Gasteiger partial charge is 0.317 e. The second-order valence-electron chi connectivity index (χ2n) is 6.60. The van der Waals surface area contributed by atoms with Gasteiger partial charge < -0.3 is 20.8 Å². The molecular formula is C16H23N5O4. The number of nitrogens with two attached hydrogens (primary N) is 1. The first-order chi connectivity index (χ1) is 11.9. The number of nitrogen functional groups attached to an aromatic ring is 1. The van der Waals surface area contributed by atoms with Crippen LogP contribution < -0.4 is 5.73 Å². The first-order valence-electron chi connectivity index (χ1n) is 8.51. The number of aryl methyl sites for hydroxylation is 1. The number of amides is 1. The van der Waals surface area contributed by atoms with Gasteiger partial charge in [-0.1, -0.05) is 0 Å². The summed E-state index contributed by atoms with van der Waals surface area (Å²) in [7, 11) is 0. The van der Waals surface area contributed by atoms with Gasteiger partial charge in [-0.05, 0) is 25.7 Å². The number of hydrogen-bond acceptors (Lipinski definition) is 7. The third-order valence-corrected chi connectivity index (χ3v) is 4.64. The van der Waals surface area contributed by atoms with Crippen LogP contribution in [0.4, 0.5) is 5.95 Å². The number of carbonyl (C=O) groups excluding carboxylic acids is 1. The Morgan fingerprint density at radius 2 is 1.92 bits per heavy atom. The number of carboxylic acids is 1. The maximum absolute atomic E-state index is 13.0. The van der Waals surface area contributed by atoms with E-state index in [1.165, 1.54) is 4.90 Å². The number of aliphatic carboxylic acids is 1. The van der Waals surface area contributed by atoms with Crippen molar-refractivity contribution >= 4 is 17.8 Å². The van der Waals surface area contributed by atoms with E-state index in [4.69, 9.17) is 10.8 Å². The number of aromatic nitrogens is 2. The van der Waals surface area contributed by atoms with Gasteiger partial charge in [-0.3, -0.25) is 14.5 Å². The molecule has 0 unspecified atom stereocenters. The summed E-state index contributed by atoms with van der Waals surface area (Å²) in [4.78, 5) is 35.5. The van der Waals surface area contributed by atoms with Crippen molar-refractivity contribution in [2.24, 2.45) is 0 Å². The standard InChI is InChI=1S/C16H23N5O4/c17-16-18-12-4-2-1-3-11(12)14(19-16)15(25)21-6-5-20(9-13(23)24)7-10(22)8-21/h10,22H,1-9H2,(H,23,24)(H2,17,18,19)/t10-/m0/s1. The summed E-state index contributed by atoms with van der Waals surface area (Å²) in [6.45, 7) is 0.933. The number of hydrogen-bond donors (Lipinski definition) is 3. The van der Waals surface area contributed by atoms with E-state index in [1.54, 1.807) is 4.90 Å². The molecule has 25 heavy (non-hydrogen) atoms. The molecule has 4 N–H and O–H groups in total. The quantitative estimate of drug-likeness (QED) is 0.642. The lowest BCUT2D eigenvalue weighted by molar-refractivity contribution is -0.138. The monoisotopic (exact) mass is 349 g/mol. The number of nitrogens with zero attached hydrogens (tertiary/aromatic N) is 4. The predicted molar refractivity (Wildman–Crippen MR) is 89.1 cm³/mol. The minimum Gasteiger partial charge on any atom is -0.480 e. The number of rotatable bonds is 3. The fourth-order valence-electron chi connectivity index (χ4n) is 3.51. The zero-order chi connectivity index (χ0) is 18.0. The summed E-state index contributed by atoms with van der Waals surface area (Å²) in [6, 6.07) is 0. The highest BCUT2D eigenvalue weighted by atomic mass is 16.4. The molecule has 2 aliphatic rings. The molecule has 1 saturated heterocycles. The molecule has 1 aromatic rings. The molecule has 0 bridgehead atoms. The third-order valence-electron chi connectivity index (χ3n) is 4.64. The molecule has 0 aromatic carbocycles. The van der Waals surface area contributed by atoms with Gasteiger partial charge in [0.2, 0.25) is 5.95 Å². The highest BCUT2D eigenvalue weighted by Crippen LogP contribution is 2.24. The molecule has 1 aliphatic heterocycles. The van der Waals surface area contributed by atoms with Gasteiger partial charge in [-0.15, -0.1) is 0 Å². The van der Waals surface area contributed by atoms with Crippen LogP contribution in [-0.2, 0) is 17.6 Å². The van der Waals surface area contributed by atoms with Crippen LogP contribution in [-0.4, -0.2) is 80.7 Å². The van der Waals surface area contributed by atoms with E-state index in [2.05, 4.69) is 9.97 Å². The number of fused-ring (bicyclic) bond motifs is 1. The van der Waals surface area contributed by atoms with E-state index in [0.29, 0.717) is 18.8 Å². The lowest BCUT2D eigenvalue weighted by Gasteiger charge is -2.24. The number of aliphatic hydroxyl groups excluding tert-OH is 1. The predicted octanol–water partition coefficient (Wildman–Crippen LogP) is -0.859. The van der Waals surface area contributed by atoms with Crippen molar-refractivity contribution in [2.45, 2.75) is 31.8 Å². The lowest BCUT2D eigenvalue weighted by atomic mass is 9.94. The largest absolute Gasteiger partial charge is 0.480 e. The number of β-amino-alcohol motifs (C(OH)–C–C–N with tert-alkyl or cyclic N) is 1. The van der Waals surface area contributed by atoms with Gasteiger partial charge in [0.1, 0.15) is 5.69 Å². The average molecular weight is 349 g/mol. The Morgan fingerprint density at radius 1 is 1.16 bits per heavy atom. The summed E-state index contributed by atoms with van der Waals surface area (Å²) < 4.78 is 0. The molecule has 1 aliphatic carbocycles. The normalized spacial score (nSPS) is 21.5. The molecule has 3 rings (SSSR count). The Kier molecular flexibility index (Phi) is 5.14. The molecule has 9 nitrogen and oxygen atoms in total. The van der Waals surface area contributed by atoms with Crippen molar-refractivity contribution in [1.82, 2.24) is 19.8 Å². The number of anilines is 1. The summed E-state index contributed by atoms with van der Waals surface area (Å²) >= 11 is 0. The average Bonchev–Trinajstić information content (AvgIpc) is 2.74. The molecule has 1 amide bonds. The Labute approximate surface area is 145 Å². The zero-order valence-corrected chi connectivity index (χ0v) is 14.0. The second kappa shape index (κ2) is 7.32. The zero-order valence-electron chi connectivity index (χ0n) is 14.0. The van der Waals surface area contributed by atoms with Crippen LogP contribution in [0.3, 0.4) is 0 Å². The van der Waals surface area contributed by atoms with Crippen molar-refractivity contribution in [1.29, 1.82) is 0 Å². The molecule has 0 saturated carbocycles. The molecule has 1 fully saturated rings. The lowest BCUT2D eigenvalue weighted by Crippen LogP contribution is -2.39. The number of carboxylic acid groups (broad SMARTS) is 1. The first kappa shape index (κ1) is 17.6. The summed E-state index contributed by atoms with van der Waals surface area (Å²) in [5, 5.41) is 19.1. The summed E-state index contributed by atoms with van der Waals surface area (Å²) in [5.41, 5.74) is 7.78. The van der Waals surface area contributed by atoms with Gasteiger partial charge in [-0.25, -0.2) is 9.97 Å². The molecule has 1 atom stereocenters. The van der Waals surface area contributed by atoms with Crippen LogP contribution in [0.15, 0.2) is 0 Å². The van der Waals surface area contributed by atoms with Crippen molar-refractivity contribution < 1.29 is 19.8 Å². The van der Waals surface area contributed by atoms with Gasteiger partial charge in [0.05, 0.1) is 12.6 Å². The van der Waals surface area contributed by atoms with E-state index < -0.39 is 12.1 Å². The Bertz CT molecular complexity index is 681. The van der Waals surface area contributed by atoms with Crippen LogP contribution in [0.2, 0.25) is 0 Å². The van der Waals surface area contributed by atoms with Gasteiger partial charge in [-0.2, -0.15) is 0 Å². The molecule has 1 aromatic heterocycles. The minimum absolute atomic E-state index is 0.0897. The maximum atomic E-state index is 13.0. The maximum Gasteiger partial charge on any atom is 0.317 e. The van der Waals surface area contributed by atoms with Crippen LogP contribution in [0, 0.1) is 0 Å². The molecule has 2 heterocycles. The van der Waals surface area contributed by atoms with Crippen LogP contribution in [0.5, 0.6) is 0 Å². The van der Waals surface area contributed by atoms with Crippen LogP contribution in [0.1, 0.15) is 34.6 Å². The SMILES string of the molecule is Nc1nc2c(c(C(=O)N3CCN(CC(=O)O)C[C@H](O)C3)n1)CCCC2. The minimum atomic E-state index is -0.954. The van der Waals surface area contributed by atoms with E-state index in [0.717, 1.165) is 36.9 Å². The van der Waals surface area contributed by atoms with Gasteiger partial charge in [0.15, 0.2) is 0 Å². The Balaban J connectivity index is 1.81. The van der Waals surface area contributed by atoms with Crippen LogP contribution in [0.25, 0.3) is 0 Å². The highest BCUT2D eigenvalue weighted by molar-refractivity contribution is 5.94. The van der Waals surface area contributed by atoms with Crippen LogP contribution >= 0.6 is 0 Å². The van der Waals surface area contributed by atoms with Gasteiger partial charge >= 0.3 is 5.97 Å². The van der Waals surface area contributed by atoms with Crippen molar-refractivity contribution in [3.63, 3.8) is 0 Å².